The molecule has 2 saturated carbocycles. The van der Waals surface area contributed by atoms with Crippen LogP contribution in [0, 0.1) is 40.9 Å². The monoisotopic (exact) mass is 476 g/mol. The first-order chi connectivity index (χ1) is 15.2. The van der Waals surface area contributed by atoms with E-state index < -0.39 is 20.2 Å². The van der Waals surface area contributed by atoms with Gasteiger partial charge in [-0.15, -0.1) is 11.8 Å². The van der Waals surface area contributed by atoms with E-state index in [9.17, 15) is 5.11 Å². The van der Waals surface area contributed by atoms with Gasteiger partial charge in [0.25, 0.3) is 0 Å². The summed E-state index contributed by atoms with van der Waals surface area (Å²) in [6, 6.07) is 0. The summed E-state index contributed by atoms with van der Waals surface area (Å²) in [5, 5.41) is 10.9. The number of aliphatic hydroxyl groups is 1. The van der Waals surface area contributed by atoms with Gasteiger partial charge in [-0.3, -0.25) is 0 Å². The minimum Gasteiger partial charge on any atom is -0.413 e. The summed E-state index contributed by atoms with van der Waals surface area (Å²) in [7, 11) is -1.90. The van der Waals surface area contributed by atoms with Crippen molar-refractivity contribution >= 4 is 8.32 Å². The molecule has 1 N–H and O–H groups in total. The molecule has 0 bridgehead atoms. The van der Waals surface area contributed by atoms with E-state index >= 15 is 0 Å². The highest BCUT2D eigenvalue weighted by Gasteiger charge is 2.58. The Labute approximate surface area is 204 Å². The number of hydrogen-bond donors (Lipinski definition) is 1. The zero-order valence-electron chi connectivity index (χ0n) is 22.5. The van der Waals surface area contributed by atoms with Crippen LogP contribution in [0.4, 0.5) is 0 Å². The quantitative estimate of drug-likeness (QED) is 0.283. The van der Waals surface area contributed by atoms with E-state index in [2.05, 4.69) is 72.6 Å². The van der Waals surface area contributed by atoms with Crippen molar-refractivity contribution in [1.29, 1.82) is 0 Å². The largest absolute Gasteiger partial charge is 0.413 e. The van der Waals surface area contributed by atoms with Crippen molar-refractivity contribution in [3.8, 4) is 11.8 Å². The molecule has 2 aliphatic carbocycles. The summed E-state index contributed by atoms with van der Waals surface area (Å²) in [6.07, 6.45) is 7.63. The molecule has 1 heterocycles. The molecule has 3 rings (SSSR count). The lowest BCUT2D eigenvalue weighted by Gasteiger charge is -2.43. The predicted octanol–water partition coefficient (Wildman–Crippen LogP) is 6.16. The normalized spacial score (nSPS) is 33.0. The van der Waals surface area contributed by atoms with Gasteiger partial charge in [-0.05, 0) is 49.2 Å². The molecular formula is C28H48O4Si. The Hall–Kier alpha value is -0.643. The van der Waals surface area contributed by atoms with Gasteiger partial charge in [-0.25, -0.2) is 0 Å². The molecular weight excluding hydrogens is 428 g/mol. The molecule has 6 atom stereocenters. The standard InChI is InChI=1S/C28H48O4Si/c1-10-11-12-20(2)24(29)14-13-22-23-17-28(30-18-27(6,7)19-31-28)16-21(23)15-25(22)32-33(8,9)26(3,4)5/h13-14,20-25,29H,12,15-19H2,1-9H3/b14-13+/t20-,21+,22+,23-,24-,25+/m0/s1. The van der Waals surface area contributed by atoms with Gasteiger partial charge in [0.2, 0.25) is 0 Å². The second-order valence-electron chi connectivity index (χ2n) is 13.2. The number of ether oxygens (including phenoxy) is 2. The van der Waals surface area contributed by atoms with Crippen LogP contribution in [0.25, 0.3) is 0 Å². The third-order valence-electron chi connectivity index (χ3n) is 8.60. The molecule has 0 aromatic heterocycles. The number of hydrogen-bond acceptors (Lipinski definition) is 4. The van der Waals surface area contributed by atoms with Crippen molar-refractivity contribution in [2.75, 3.05) is 13.2 Å². The molecule has 1 spiro atoms. The summed E-state index contributed by atoms with van der Waals surface area (Å²) in [5.74, 6) is 7.02. The minimum absolute atomic E-state index is 0.0812. The summed E-state index contributed by atoms with van der Waals surface area (Å²) in [5.41, 5.74) is 0.0812. The molecule has 0 aromatic rings. The van der Waals surface area contributed by atoms with Gasteiger partial charge in [0.15, 0.2) is 14.1 Å². The van der Waals surface area contributed by atoms with Crippen molar-refractivity contribution in [2.45, 2.75) is 110 Å². The first-order valence-corrected chi connectivity index (χ1v) is 15.8. The molecule has 1 aliphatic heterocycles. The van der Waals surface area contributed by atoms with E-state index in [1.54, 1.807) is 0 Å². The molecule has 0 aromatic carbocycles. The molecule has 1 saturated heterocycles. The fourth-order valence-electron chi connectivity index (χ4n) is 5.34. The van der Waals surface area contributed by atoms with Crippen LogP contribution in [-0.2, 0) is 13.9 Å². The van der Waals surface area contributed by atoms with Crippen molar-refractivity contribution < 1.29 is 19.0 Å². The van der Waals surface area contributed by atoms with Crippen LogP contribution in [0.3, 0.4) is 0 Å². The molecule has 0 unspecified atom stereocenters. The topological polar surface area (TPSA) is 47.9 Å². The van der Waals surface area contributed by atoms with Crippen molar-refractivity contribution in [3.05, 3.63) is 12.2 Å². The maximum atomic E-state index is 10.8. The fraction of sp³-hybridized carbons (Fsp3) is 0.857. The summed E-state index contributed by atoms with van der Waals surface area (Å²) < 4.78 is 19.7. The summed E-state index contributed by atoms with van der Waals surface area (Å²) in [4.78, 5) is 0. The van der Waals surface area contributed by atoms with Gasteiger partial charge >= 0.3 is 0 Å². The fourth-order valence-corrected chi connectivity index (χ4v) is 6.70. The van der Waals surface area contributed by atoms with Gasteiger partial charge in [0.1, 0.15) is 0 Å². The van der Waals surface area contributed by atoms with Gasteiger partial charge in [0.05, 0.1) is 25.4 Å². The van der Waals surface area contributed by atoms with Crippen LogP contribution in [-0.4, -0.2) is 44.6 Å². The lowest BCUT2D eigenvalue weighted by molar-refractivity contribution is -0.298. The lowest BCUT2D eigenvalue weighted by atomic mass is 9.89. The second-order valence-corrected chi connectivity index (χ2v) is 18.0. The Balaban J connectivity index is 1.78. The average Bonchev–Trinajstić information content (AvgIpc) is 3.19. The van der Waals surface area contributed by atoms with Crippen LogP contribution in [0.1, 0.15) is 74.1 Å². The molecule has 0 radical (unpaired) electrons. The predicted molar refractivity (Wildman–Crippen MR) is 137 cm³/mol. The van der Waals surface area contributed by atoms with E-state index in [1.165, 1.54) is 0 Å². The maximum absolute atomic E-state index is 10.8. The third-order valence-corrected chi connectivity index (χ3v) is 13.1. The zero-order valence-corrected chi connectivity index (χ0v) is 23.5. The lowest BCUT2D eigenvalue weighted by Crippen LogP contribution is -2.47. The van der Waals surface area contributed by atoms with Crippen molar-refractivity contribution in [2.24, 2.45) is 29.1 Å². The highest BCUT2D eigenvalue weighted by molar-refractivity contribution is 6.74. The smallest absolute Gasteiger partial charge is 0.192 e. The van der Waals surface area contributed by atoms with Crippen molar-refractivity contribution in [1.82, 2.24) is 0 Å². The molecule has 0 amide bonds. The molecule has 33 heavy (non-hydrogen) atoms. The van der Waals surface area contributed by atoms with Gasteiger partial charge in [-0.2, -0.15) is 0 Å². The molecule has 4 nitrogen and oxygen atoms in total. The molecule has 3 aliphatic rings. The van der Waals surface area contributed by atoms with Crippen LogP contribution < -0.4 is 0 Å². The highest BCUT2D eigenvalue weighted by atomic mass is 28.4. The van der Waals surface area contributed by atoms with E-state index in [0.29, 0.717) is 18.3 Å². The minimum atomic E-state index is -1.90. The summed E-state index contributed by atoms with van der Waals surface area (Å²) in [6.45, 7) is 21.4. The Morgan fingerprint density at radius 3 is 2.39 bits per heavy atom. The van der Waals surface area contributed by atoms with Crippen LogP contribution >= 0.6 is 0 Å². The first-order valence-electron chi connectivity index (χ1n) is 12.9. The Morgan fingerprint density at radius 1 is 1.18 bits per heavy atom. The van der Waals surface area contributed by atoms with Crippen LogP contribution in [0.5, 0.6) is 0 Å². The number of aliphatic hydroxyl groups excluding tert-OH is 1. The van der Waals surface area contributed by atoms with E-state index in [4.69, 9.17) is 13.9 Å². The Morgan fingerprint density at radius 2 is 1.82 bits per heavy atom. The van der Waals surface area contributed by atoms with E-state index in [1.807, 2.05) is 13.0 Å². The van der Waals surface area contributed by atoms with Gasteiger partial charge in [-0.1, -0.05) is 53.7 Å². The SMILES string of the molecule is CC#CC[C@H](C)[C@@H](O)/C=C/[C@@H]1[C@H]2CC3(C[C@H]2C[C@H]1O[Si](C)(C)C(C)(C)C)OCC(C)(C)CO3. The van der Waals surface area contributed by atoms with Crippen LogP contribution in [0.2, 0.25) is 18.1 Å². The highest BCUT2D eigenvalue weighted by Crippen LogP contribution is 2.57. The second kappa shape index (κ2) is 9.78. The Bertz CT molecular complexity index is 759. The maximum Gasteiger partial charge on any atom is 0.192 e. The molecule has 5 heteroatoms. The average molecular weight is 477 g/mol. The first kappa shape index (κ1) is 27.0. The molecule has 188 valence electrons. The Kier molecular flexibility index (Phi) is 7.99. The van der Waals surface area contributed by atoms with Gasteiger partial charge in [0, 0.05) is 30.6 Å². The summed E-state index contributed by atoms with van der Waals surface area (Å²) >= 11 is 0. The number of rotatable bonds is 6. The zero-order chi connectivity index (χ0) is 24.7. The molecule has 3 fully saturated rings. The van der Waals surface area contributed by atoms with E-state index in [-0.39, 0.29) is 28.4 Å². The van der Waals surface area contributed by atoms with Crippen LogP contribution in [0.15, 0.2) is 12.2 Å². The van der Waals surface area contributed by atoms with E-state index in [0.717, 1.165) is 32.5 Å². The van der Waals surface area contributed by atoms with Crippen molar-refractivity contribution in [3.63, 3.8) is 0 Å². The third kappa shape index (κ3) is 6.14. The number of fused-ring (bicyclic) bond motifs is 1. The van der Waals surface area contributed by atoms with Gasteiger partial charge < -0.3 is 19.0 Å².